The van der Waals surface area contributed by atoms with Crippen LogP contribution in [-0.2, 0) is 19.4 Å². The Hall–Kier alpha value is -1.13. The molecule has 0 aromatic carbocycles. The Balaban J connectivity index is 1.98. The molecule has 4 nitrogen and oxygen atoms in total. The Kier molecular flexibility index (Phi) is 4.22. The van der Waals surface area contributed by atoms with Crippen molar-refractivity contribution in [2.45, 2.75) is 57.5 Å². The second kappa shape index (κ2) is 6.10. The number of anilines is 1. The normalized spacial score (nSPS) is 22.7. The second-order valence-electron chi connectivity index (χ2n) is 6.01. The molecule has 0 radical (unpaired) electrons. The maximum absolute atomic E-state index is 9.62. The SMILES string of the molecule is NCc1cc2c(nc1N1CCCCC1CO)CCCC2. The minimum atomic E-state index is 0.211. The molecule has 1 aromatic rings. The van der Waals surface area contributed by atoms with Gasteiger partial charge in [-0.15, -0.1) is 0 Å². The van der Waals surface area contributed by atoms with Crippen LogP contribution < -0.4 is 10.6 Å². The van der Waals surface area contributed by atoms with Gasteiger partial charge in [-0.05, 0) is 56.6 Å². The summed E-state index contributed by atoms with van der Waals surface area (Å²) in [6, 6.07) is 2.48. The van der Waals surface area contributed by atoms with Crippen LogP contribution in [-0.4, -0.2) is 29.3 Å². The highest BCUT2D eigenvalue weighted by molar-refractivity contribution is 5.51. The molecule has 0 bridgehead atoms. The first-order valence-corrected chi connectivity index (χ1v) is 7.92. The smallest absolute Gasteiger partial charge is 0.133 e. The lowest BCUT2D eigenvalue weighted by molar-refractivity contribution is 0.239. The molecule has 3 N–H and O–H groups in total. The molecule has 20 heavy (non-hydrogen) atoms. The first-order chi connectivity index (χ1) is 9.83. The molecule has 1 aliphatic carbocycles. The van der Waals surface area contributed by atoms with Gasteiger partial charge in [0.25, 0.3) is 0 Å². The molecule has 1 fully saturated rings. The lowest BCUT2D eigenvalue weighted by Crippen LogP contribution is -2.43. The number of aliphatic hydroxyl groups excluding tert-OH is 1. The number of pyridine rings is 1. The Morgan fingerprint density at radius 3 is 2.90 bits per heavy atom. The molecule has 1 unspecified atom stereocenters. The third-order valence-corrected chi connectivity index (χ3v) is 4.69. The predicted molar refractivity (Wildman–Crippen MR) is 80.8 cm³/mol. The maximum atomic E-state index is 9.62. The number of nitrogens with two attached hydrogens (primary N) is 1. The molecule has 1 aromatic heterocycles. The van der Waals surface area contributed by atoms with E-state index in [1.807, 2.05) is 0 Å². The van der Waals surface area contributed by atoms with Crippen LogP contribution in [0.1, 0.15) is 48.9 Å². The first-order valence-electron chi connectivity index (χ1n) is 7.92. The number of hydrogen-bond donors (Lipinski definition) is 2. The summed E-state index contributed by atoms with van der Waals surface area (Å²) in [5.41, 5.74) is 9.73. The van der Waals surface area contributed by atoms with Crippen molar-refractivity contribution < 1.29 is 5.11 Å². The fraction of sp³-hybridized carbons (Fsp3) is 0.688. The zero-order valence-electron chi connectivity index (χ0n) is 12.1. The van der Waals surface area contributed by atoms with Crippen LogP contribution in [0.2, 0.25) is 0 Å². The van der Waals surface area contributed by atoms with Crippen LogP contribution in [0.5, 0.6) is 0 Å². The fourth-order valence-corrected chi connectivity index (χ4v) is 3.54. The molecule has 1 atom stereocenters. The summed E-state index contributed by atoms with van der Waals surface area (Å²) in [5.74, 6) is 1.03. The number of aliphatic hydroxyl groups is 1. The van der Waals surface area contributed by atoms with E-state index in [0.29, 0.717) is 6.54 Å². The van der Waals surface area contributed by atoms with Gasteiger partial charge in [-0.25, -0.2) is 4.98 Å². The lowest BCUT2D eigenvalue weighted by Gasteiger charge is -2.37. The average molecular weight is 275 g/mol. The average Bonchev–Trinajstić information content (AvgIpc) is 2.53. The van der Waals surface area contributed by atoms with Gasteiger partial charge in [-0.3, -0.25) is 0 Å². The molecule has 0 saturated carbocycles. The number of piperidine rings is 1. The van der Waals surface area contributed by atoms with E-state index in [0.717, 1.165) is 37.2 Å². The van der Waals surface area contributed by atoms with E-state index in [9.17, 15) is 5.11 Å². The Labute approximate surface area is 121 Å². The predicted octanol–water partition coefficient (Wildman–Crippen LogP) is 1.77. The molecule has 0 spiro atoms. The van der Waals surface area contributed by atoms with Gasteiger partial charge >= 0.3 is 0 Å². The van der Waals surface area contributed by atoms with Gasteiger partial charge in [0.15, 0.2) is 0 Å². The Bertz CT molecular complexity index is 475. The van der Waals surface area contributed by atoms with Gasteiger partial charge in [0.2, 0.25) is 0 Å². The van der Waals surface area contributed by atoms with E-state index in [2.05, 4.69) is 11.0 Å². The zero-order chi connectivity index (χ0) is 13.9. The molecule has 1 aliphatic heterocycles. The van der Waals surface area contributed by atoms with Gasteiger partial charge in [-0.2, -0.15) is 0 Å². The highest BCUT2D eigenvalue weighted by Crippen LogP contribution is 2.30. The van der Waals surface area contributed by atoms with E-state index in [1.54, 1.807) is 0 Å². The molecule has 110 valence electrons. The number of nitrogens with zero attached hydrogens (tertiary/aromatic N) is 2. The van der Waals surface area contributed by atoms with Crippen molar-refractivity contribution in [1.29, 1.82) is 0 Å². The summed E-state index contributed by atoms with van der Waals surface area (Å²) >= 11 is 0. The molecular formula is C16H25N3O. The molecular weight excluding hydrogens is 250 g/mol. The zero-order valence-corrected chi connectivity index (χ0v) is 12.1. The number of rotatable bonds is 3. The van der Waals surface area contributed by atoms with Crippen LogP contribution >= 0.6 is 0 Å². The van der Waals surface area contributed by atoms with Crippen LogP contribution in [0.4, 0.5) is 5.82 Å². The van der Waals surface area contributed by atoms with Crippen LogP contribution in [0.3, 0.4) is 0 Å². The Morgan fingerprint density at radius 1 is 1.25 bits per heavy atom. The largest absolute Gasteiger partial charge is 0.394 e. The van der Waals surface area contributed by atoms with Gasteiger partial charge in [0, 0.05) is 24.3 Å². The van der Waals surface area contributed by atoms with Gasteiger partial charge in [0.1, 0.15) is 5.82 Å². The topological polar surface area (TPSA) is 62.4 Å². The minimum absolute atomic E-state index is 0.211. The molecule has 3 rings (SSSR count). The minimum Gasteiger partial charge on any atom is -0.394 e. The van der Waals surface area contributed by atoms with Crippen molar-refractivity contribution in [3.63, 3.8) is 0 Å². The molecule has 4 heteroatoms. The second-order valence-corrected chi connectivity index (χ2v) is 6.01. The van der Waals surface area contributed by atoms with E-state index in [4.69, 9.17) is 10.7 Å². The van der Waals surface area contributed by atoms with Crippen molar-refractivity contribution >= 4 is 5.82 Å². The summed E-state index contributed by atoms with van der Waals surface area (Å²) in [6.45, 7) is 1.73. The monoisotopic (exact) mass is 275 g/mol. The molecule has 2 aliphatic rings. The van der Waals surface area contributed by atoms with E-state index in [-0.39, 0.29) is 12.6 Å². The molecule has 1 saturated heterocycles. The van der Waals surface area contributed by atoms with Crippen molar-refractivity contribution in [3.8, 4) is 0 Å². The third-order valence-electron chi connectivity index (χ3n) is 4.69. The lowest BCUT2D eigenvalue weighted by atomic mass is 9.94. The summed E-state index contributed by atoms with van der Waals surface area (Å²) in [5, 5.41) is 9.62. The number of fused-ring (bicyclic) bond motifs is 1. The van der Waals surface area contributed by atoms with Crippen molar-refractivity contribution in [1.82, 2.24) is 4.98 Å². The third kappa shape index (κ3) is 2.54. The summed E-state index contributed by atoms with van der Waals surface area (Å²) < 4.78 is 0. The van der Waals surface area contributed by atoms with Crippen LogP contribution in [0.25, 0.3) is 0 Å². The fourth-order valence-electron chi connectivity index (χ4n) is 3.54. The number of aromatic nitrogens is 1. The van der Waals surface area contributed by atoms with Gasteiger partial charge < -0.3 is 15.7 Å². The molecule has 2 heterocycles. The van der Waals surface area contributed by atoms with Gasteiger partial charge in [0.05, 0.1) is 12.6 Å². The van der Waals surface area contributed by atoms with Crippen LogP contribution in [0, 0.1) is 0 Å². The van der Waals surface area contributed by atoms with Crippen LogP contribution in [0.15, 0.2) is 6.07 Å². The van der Waals surface area contributed by atoms with E-state index < -0.39 is 0 Å². The molecule has 0 amide bonds. The van der Waals surface area contributed by atoms with Gasteiger partial charge in [-0.1, -0.05) is 0 Å². The standard InChI is InChI=1S/C16H25N3O/c17-10-13-9-12-5-1-2-7-15(12)18-16(13)19-8-4-3-6-14(19)11-20/h9,14,20H,1-8,10-11,17H2. The summed E-state index contributed by atoms with van der Waals surface area (Å²) in [6.07, 6.45) is 8.17. The highest BCUT2D eigenvalue weighted by atomic mass is 16.3. The highest BCUT2D eigenvalue weighted by Gasteiger charge is 2.26. The summed E-state index contributed by atoms with van der Waals surface area (Å²) in [7, 11) is 0. The number of hydrogen-bond acceptors (Lipinski definition) is 4. The van der Waals surface area contributed by atoms with E-state index >= 15 is 0 Å². The van der Waals surface area contributed by atoms with E-state index in [1.165, 1.54) is 36.9 Å². The van der Waals surface area contributed by atoms with Crippen molar-refractivity contribution in [2.75, 3.05) is 18.1 Å². The van der Waals surface area contributed by atoms with Crippen molar-refractivity contribution in [3.05, 3.63) is 22.9 Å². The number of aryl methyl sites for hydroxylation is 2. The maximum Gasteiger partial charge on any atom is 0.133 e. The first kappa shape index (κ1) is 13.8. The summed E-state index contributed by atoms with van der Waals surface area (Å²) in [4.78, 5) is 7.23. The van der Waals surface area contributed by atoms with Crippen molar-refractivity contribution in [2.24, 2.45) is 5.73 Å². The Morgan fingerprint density at radius 2 is 2.10 bits per heavy atom. The quantitative estimate of drug-likeness (QED) is 0.882.